The third kappa shape index (κ3) is 4.21. The number of benzene rings is 1. The summed E-state index contributed by atoms with van der Waals surface area (Å²) in [7, 11) is 0. The van der Waals surface area contributed by atoms with Crippen LogP contribution >= 0.6 is 0 Å². The van der Waals surface area contributed by atoms with E-state index in [1.807, 2.05) is 42.2 Å². The molecular formula is C21H26N4O2. The van der Waals surface area contributed by atoms with Gasteiger partial charge in [0.05, 0.1) is 6.42 Å². The molecule has 142 valence electrons. The van der Waals surface area contributed by atoms with Crippen LogP contribution in [0.2, 0.25) is 0 Å². The van der Waals surface area contributed by atoms with E-state index in [2.05, 4.69) is 15.5 Å². The van der Waals surface area contributed by atoms with Crippen LogP contribution in [0.1, 0.15) is 58.9 Å². The van der Waals surface area contributed by atoms with Gasteiger partial charge in [0, 0.05) is 30.7 Å². The van der Waals surface area contributed by atoms with Crippen LogP contribution in [-0.4, -0.2) is 46.0 Å². The van der Waals surface area contributed by atoms with Gasteiger partial charge in [-0.2, -0.15) is 5.10 Å². The van der Waals surface area contributed by atoms with E-state index in [0.717, 1.165) is 36.2 Å². The van der Waals surface area contributed by atoms with Crippen molar-refractivity contribution in [3.63, 3.8) is 0 Å². The highest BCUT2D eigenvalue weighted by atomic mass is 16.2. The van der Waals surface area contributed by atoms with Gasteiger partial charge in [-0.15, -0.1) is 0 Å². The van der Waals surface area contributed by atoms with Crippen molar-refractivity contribution in [3.05, 3.63) is 52.8 Å². The molecule has 0 radical (unpaired) electrons. The molecule has 1 saturated heterocycles. The first-order valence-corrected chi connectivity index (χ1v) is 9.78. The quantitative estimate of drug-likeness (QED) is 0.854. The van der Waals surface area contributed by atoms with E-state index in [9.17, 15) is 9.59 Å². The molecule has 1 saturated carbocycles. The molecule has 4 rings (SSSR count). The molecule has 2 fully saturated rings. The summed E-state index contributed by atoms with van der Waals surface area (Å²) in [6.45, 7) is 3.35. The zero-order chi connectivity index (χ0) is 18.8. The number of nitrogens with zero attached hydrogens (tertiary/aromatic N) is 2. The van der Waals surface area contributed by atoms with Crippen molar-refractivity contribution in [3.8, 4) is 0 Å². The normalized spacial score (nSPS) is 19.7. The van der Waals surface area contributed by atoms with E-state index in [1.54, 1.807) is 0 Å². The number of aromatic nitrogens is 2. The zero-order valence-electron chi connectivity index (χ0n) is 15.7. The van der Waals surface area contributed by atoms with Gasteiger partial charge in [-0.05, 0) is 49.8 Å². The minimum Gasteiger partial charge on any atom is -0.346 e. The second-order valence-electron chi connectivity index (χ2n) is 7.74. The summed E-state index contributed by atoms with van der Waals surface area (Å²) in [5.74, 6) is 0.513. The van der Waals surface area contributed by atoms with Crippen LogP contribution in [0.15, 0.2) is 30.3 Å². The highest BCUT2D eigenvalue weighted by Gasteiger charge is 2.28. The summed E-state index contributed by atoms with van der Waals surface area (Å²) < 4.78 is 0. The third-order valence-electron chi connectivity index (χ3n) is 5.56. The number of piperidine rings is 1. The summed E-state index contributed by atoms with van der Waals surface area (Å²) in [4.78, 5) is 27.1. The number of rotatable bonds is 5. The van der Waals surface area contributed by atoms with E-state index in [0.29, 0.717) is 24.6 Å². The smallest absolute Gasteiger partial charge is 0.272 e. The Labute approximate surface area is 159 Å². The molecule has 2 N–H and O–H groups in total. The Balaban J connectivity index is 1.33. The molecule has 1 atom stereocenters. The first-order chi connectivity index (χ1) is 13.1. The second-order valence-corrected chi connectivity index (χ2v) is 7.74. The monoisotopic (exact) mass is 366 g/mol. The van der Waals surface area contributed by atoms with Crippen LogP contribution < -0.4 is 5.32 Å². The molecule has 1 aromatic carbocycles. The number of aryl methyl sites for hydroxylation is 1. The fourth-order valence-corrected chi connectivity index (χ4v) is 3.72. The van der Waals surface area contributed by atoms with Gasteiger partial charge in [0.2, 0.25) is 5.91 Å². The van der Waals surface area contributed by atoms with E-state index < -0.39 is 0 Å². The lowest BCUT2D eigenvalue weighted by atomic mass is 10.0. The first kappa shape index (κ1) is 17.8. The Morgan fingerprint density at radius 1 is 1.26 bits per heavy atom. The number of amides is 2. The maximum Gasteiger partial charge on any atom is 0.272 e. The summed E-state index contributed by atoms with van der Waals surface area (Å²) in [6, 6.07) is 9.83. The van der Waals surface area contributed by atoms with Crippen molar-refractivity contribution >= 4 is 11.8 Å². The largest absolute Gasteiger partial charge is 0.346 e. The summed E-state index contributed by atoms with van der Waals surface area (Å²) >= 11 is 0. The molecule has 0 spiro atoms. The number of H-pyrrole nitrogens is 1. The molecule has 2 heterocycles. The molecule has 6 nitrogen and oxygen atoms in total. The molecule has 1 aliphatic heterocycles. The van der Waals surface area contributed by atoms with Crippen LogP contribution in [0.5, 0.6) is 0 Å². The van der Waals surface area contributed by atoms with Crippen molar-refractivity contribution in [2.75, 3.05) is 13.1 Å². The van der Waals surface area contributed by atoms with Crippen molar-refractivity contribution in [1.29, 1.82) is 0 Å². The highest BCUT2D eigenvalue weighted by molar-refractivity contribution is 5.92. The van der Waals surface area contributed by atoms with Crippen molar-refractivity contribution in [2.24, 2.45) is 0 Å². The fraction of sp³-hybridized carbons (Fsp3) is 0.476. The van der Waals surface area contributed by atoms with Gasteiger partial charge in [0.25, 0.3) is 5.91 Å². The number of carbonyl (C=O) groups excluding carboxylic acids is 2. The summed E-state index contributed by atoms with van der Waals surface area (Å²) in [5, 5.41) is 10.2. The Morgan fingerprint density at radius 2 is 2.07 bits per heavy atom. The lowest BCUT2D eigenvalue weighted by molar-refractivity contribution is -0.131. The average Bonchev–Trinajstić information content (AvgIpc) is 3.40. The van der Waals surface area contributed by atoms with Crippen LogP contribution in [0.25, 0.3) is 0 Å². The predicted octanol–water partition coefficient (Wildman–Crippen LogP) is 2.56. The van der Waals surface area contributed by atoms with Crippen LogP contribution in [0.4, 0.5) is 0 Å². The standard InChI is InChI=1S/C21H26N4O2/c1-14-5-2-3-6-16(14)11-20(26)25-10-4-7-17(13-25)22-21(27)19-12-18(23-24-19)15-8-9-15/h2-3,5-6,12,15,17H,4,7-11,13H2,1H3,(H,22,27)(H,23,24)/t17-/m1/s1. The third-order valence-corrected chi connectivity index (χ3v) is 5.56. The number of hydrogen-bond acceptors (Lipinski definition) is 3. The van der Waals surface area contributed by atoms with Crippen molar-refractivity contribution in [1.82, 2.24) is 20.4 Å². The van der Waals surface area contributed by atoms with Gasteiger partial charge < -0.3 is 10.2 Å². The molecule has 27 heavy (non-hydrogen) atoms. The topological polar surface area (TPSA) is 78.1 Å². The molecule has 0 bridgehead atoms. The maximum atomic E-state index is 12.7. The maximum absolute atomic E-state index is 12.7. The molecule has 2 aromatic rings. The first-order valence-electron chi connectivity index (χ1n) is 9.78. The SMILES string of the molecule is Cc1ccccc1CC(=O)N1CCC[C@@H](NC(=O)c2cc(C3CC3)[nH]n2)C1. The lowest BCUT2D eigenvalue weighted by Crippen LogP contribution is -2.50. The predicted molar refractivity (Wildman–Crippen MR) is 103 cm³/mol. The van der Waals surface area contributed by atoms with Gasteiger partial charge in [-0.25, -0.2) is 0 Å². The number of likely N-dealkylation sites (tertiary alicyclic amines) is 1. The zero-order valence-corrected chi connectivity index (χ0v) is 15.7. The average molecular weight is 366 g/mol. The molecule has 1 aromatic heterocycles. The minimum atomic E-state index is -0.156. The Kier molecular flexibility index (Phi) is 4.97. The van der Waals surface area contributed by atoms with Crippen LogP contribution in [0.3, 0.4) is 0 Å². The van der Waals surface area contributed by atoms with E-state index in [-0.39, 0.29) is 17.9 Å². The van der Waals surface area contributed by atoms with Gasteiger partial charge >= 0.3 is 0 Å². The molecular weight excluding hydrogens is 340 g/mol. The molecule has 2 aliphatic rings. The lowest BCUT2D eigenvalue weighted by Gasteiger charge is -2.33. The molecule has 0 unspecified atom stereocenters. The molecule has 2 amide bonds. The number of aromatic amines is 1. The van der Waals surface area contributed by atoms with Gasteiger partial charge in [-0.1, -0.05) is 24.3 Å². The van der Waals surface area contributed by atoms with Crippen molar-refractivity contribution in [2.45, 2.75) is 51.0 Å². The second kappa shape index (κ2) is 7.55. The van der Waals surface area contributed by atoms with E-state index in [4.69, 9.17) is 0 Å². The van der Waals surface area contributed by atoms with Crippen LogP contribution in [-0.2, 0) is 11.2 Å². The highest BCUT2D eigenvalue weighted by Crippen LogP contribution is 2.38. The van der Waals surface area contributed by atoms with E-state index in [1.165, 1.54) is 12.8 Å². The van der Waals surface area contributed by atoms with E-state index >= 15 is 0 Å². The van der Waals surface area contributed by atoms with Gasteiger partial charge in [-0.3, -0.25) is 14.7 Å². The Morgan fingerprint density at radius 3 is 2.85 bits per heavy atom. The van der Waals surface area contributed by atoms with Gasteiger partial charge in [0.1, 0.15) is 5.69 Å². The summed E-state index contributed by atoms with van der Waals surface area (Å²) in [6.07, 6.45) is 4.54. The van der Waals surface area contributed by atoms with Crippen LogP contribution in [0, 0.1) is 6.92 Å². The number of carbonyl (C=O) groups is 2. The molecule has 1 aliphatic carbocycles. The van der Waals surface area contributed by atoms with Crippen molar-refractivity contribution < 1.29 is 9.59 Å². The fourth-order valence-electron chi connectivity index (χ4n) is 3.72. The Hall–Kier alpha value is -2.63. The molecule has 6 heteroatoms. The number of nitrogens with one attached hydrogen (secondary N) is 2. The summed E-state index contributed by atoms with van der Waals surface area (Å²) in [5.41, 5.74) is 3.70. The Bertz CT molecular complexity index is 840. The van der Waals surface area contributed by atoms with Gasteiger partial charge in [0.15, 0.2) is 0 Å². The number of hydrogen-bond donors (Lipinski definition) is 2. The minimum absolute atomic E-state index is 0.0202.